The van der Waals surface area contributed by atoms with E-state index in [-0.39, 0.29) is 17.7 Å². The van der Waals surface area contributed by atoms with Crippen LogP contribution in [0.1, 0.15) is 34.6 Å². The number of amides is 2. The average Bonchev–Trinajstić information content (AvgIpc) is 2.55. The number of carbonyl (C=O) groups is 2. The standard InChI is InChI=1S/C17H20N4O2/c1-10-11(2)20-15-8-12(5-6-14(15)19-10)17(23)21-7-3-4-13(9-21)16(18)22/h5-6,8,13H,3-4,7,9H2,1-2H3,(H2,18,22)/t13-/m0/s1. The van der Waals surface area contributed by atoms with Crippen LogP contribution < -0.4 is 5.73 Å². The second-order valence-electron chi connectivity index (χ2n) is 6.09. The molecule has 23 heavy (non-hydrogen) atoms. The third-order valence-corrected chi connectivity index (χ3v) is 4.43. The zero-order valence-electron chi connectivity index (χ0n) is 13.4. The van der Waals surface area contributed by atoms with Crippen molar-refractivity contribution in [2.45, 2.75) is 26.7 Å². The summed E-state index contributed by atoms with van der Waals surface area (Å²) in [6.45, 7) is 4.86. The quantitative estimate of drug-likeness (QED) is 0.912. The van der Waals surface area contributed by atoms with Crippen LogP contribution in [0, 0.1) is 19.8 Å². The molecule has 0 spiro atoms. The van der Waals surface area contributed by atoms with Gasteiger partial charge in [-0.15, -0.1) is 0 Å². The number of fused-ring (bicyclic) bond motifs is 1. The molecule has 3 rings (SSSR count). The van der Waals surface area contributed by atoms with Crippen LogP contribution in [0.15, 0.2) is 18.2 Å². The summed E-state index contributed by atoms with van der Waals surface area (Å²) in [4.78, 5) is 34.7. The molecule has 2 amide bonds. The second-order valence-corrected chi connectivity index (χ2v) is 6.09. The minimum Gasteiger partial charge on any atom is -0.369 e. The van der Waals surface area contributed by atoms with Crippen LogP contribution in [0.3, 0.4) is 0 Å². The molecule has 6 heteroatoms. The maximum absolute atomic E-state index is 12.7. The van der Waals surface area contributed by atoms with Crippen molar-refractivity contribution in [3.8, 4) is 0 Å². The van der Waals surface area contributed by atoms with Crippen LogP contribution in [0.25, 0.3) is 11.0 Å². The van der Waals surface area contributed by atoms with Gasteiger partial charge in [0.15, 0.2) is 0 Å². The van der Waals surface area contributed by atoms with E-state index in [1.54, 1.807) is 17.0 Å². The smallest absolute Gasteiger partial charge is 0.253 e. The number of aryl methyl sites for hydroxylation is 2. The van der Waals surface area contributed by atoms with E-state index in [0.29, 0.717) is 24.2 Å². The number of piperidine rings is 1. The Hall–Kier alpha value is -2.50. The van der Waals surface area contributed by atoms with Gasteiger partial charge in [-0.2, -0.15) is 0 Å². The lowest BCUT2D eigenvalue weighted by Gasteiger charge is -2.31. The van der Waals surface area contributed by atoms with Crippen LogP contribution in [0.2, 0.25) is 0 Å². The van der Waals surface area contributed by atoms with E-state index in [1.165, 1.54) is 0 Å². The first-order chi connectivity index (χ1) is 11.0. The molecule has 1 atom stereocenters. The van der Waals surface area contributed by atoms with Gasteiger partial charge in [-0.25, -0.2) is 9.97 Å². The molecule has 1 saturated heterocycles. The van der Waals surface area contributed by atoms with Crippen molar-refractivity contribution in [1.82, 2.24) is 14.9 Å². The third kappa shape index (κ3) is 3.02. The number of nitrogens with zero attached hydrogens (tertiary/aromatic N) is 3. The Morgan fingerprint density at radius 3 is 2.57 bits per heavy atom. The van der Waals surface area contributed by atoms with Crippen LogP contribution in [0.5, 0.6) is 0 Å². The monoisotopic (exact) mass is 312 g/mol. The number of likely N-dealkylation sites (tertiary alicyclic amines) is 1. The molecule has 0 saturated carbocycles. The number of rotatable bonds is 2. The summed E-state index contributed by atoms with van der Waals surface area (Å²) < 4.78 is 0. The molecule has 1 aromatic heterocycles. The predicted octanol–water partition coefficient (Wildman–Crippen LogP) is 1.58. The Labute approximate surface area is 134 Å². The highest BCUT2D eigenvalue weighted by Crippen LogP contribution is 2.20. The summed E-state index contributed by atoms with van der Waals surface area (Å²) in [6.07, 6.45) is 1.55. The maximum Gasteiger partial charge on any atom is 0.253 e. The van der Waals surface area contributed by atoms with Gasteiger partial charge in [-0.05, 0) is 44.9 Å². The minimum atomic E-state index is -0.335. The maximum atomic E-state index is 12.7. The van der Waals surface area contributed by atoms with Crippen LogP contribution >= 0.6 is 0 Å². The summed E-state index contributed by atoms with van der Waals surface area (Å²) in [5.41, 5.74) is 9.18. The molecule has 1 aromatic carbocycles. The molecule has 2 heterocycles. The highest BCUT2D eigenvalue weighted by molar-refractivity contribution is 5.97. The van der Waals surface area contributed by atoms with Gasteiger partial charge in [0, 0.05) is 18.7 Å². The second kappa shape index (κ2) is 5.95. The molecular formula is C17H20N4O2. The Kier molecular flexibility index (Phi) is 3.98. The van der Waals surface area contributed by atoms with Gasteiger partial charge in [-0.3, -0.25) is 9.59 Å². The molecule has 2 aromatic rings. The molecule has 2 N–H and O–H groups in total. The minimum absolute atomic E-state index is 0.0853. The molecular weight excluding hydrogens is 292 g/mol. The number of primary amides is 1. The number of nitrogens with two attached hydrogens (primary N) is 1. The fourth-order valence-electron chi connectivity index (χ4n) is 2.94. The highest BCUT2D eigenvalue weighted by Gasteiger charge is 2.27. The summed E-state index contributed by atoms with van der Waals surface area (Å²) in [6, 6.07) is 5.35. The summed E-state index contributed by atoms with van der Waals surface area (Å²) in [5, 5.41) is 0. The van der Waals surface area contributed by atoms with Crippen molar-refractivity contribution in [3.05, 3.63) is 35.2 Å². The van der Waals surface area contributed by atoms with Crippen LogP contribution in [-0.4, -0.2) is 39.8 Å². The van der Waals surface area contributed by atoms with E-state index in [1.807, 2.05) is 19.9 Å². The number of aromatic nitrogens is 2. The molecule has 0 bridgehead atoms. The van der Waals surface area contributed by atoms with Gasteiger partial charge in [0.05, 0.1) is 28.3 Å². The Morgan fingerprint density at radius 1 is 1.17 bits per heavy atom. The van der Waals surface area contributed by atoms with Gasteiger partial charge in [-0.1, -0.05) is 0 Å². The zero-order chi connectivity index (χ0) is 16.6. The van der Waals surface area contributed by atoms with Crippen LogP contribution in [0.4, 0.5) is 0 Å². The van der Waals surface area contributed by atoms with Gasteiger partial charge in [0.25, 0.3) is 5.91 Å². The summed E-state index contributed by atoms with van der Waals surface area (Å²) in [5.74, 6) is -0.673. The average molecular weight is 312 g/mol. The van der Waals surface area contributed by atoms with E-state index in [2.05, 4.69) is 9.97 Å². The molecule has 1 aliphatic rings. The summed E-state index contributed by atoms with van der Waals surface area (Å²) in [7, 11) is 0. The fraction of sp³-hybridized carbons (Fsp3) is 0.412. The number of hydrogen-bond acceptors (Lipinski definition) is 4. The van der Waals surface area contributed by atoms with Crippen LogP contribution in [-0.2, 0) is 4.79 Å². The van der Waals surface area contributed by atoms with Gasteiger partial charge >= 0.3 is 0 Å². The number of hydrogen-bond donors (Lipinski definition) is 1. The lowest BCUT2D eigenvalue weighted by Crippen LogP contribution is -2.44. The van der Waals surface area contributed by atoms with Crippen molar-refractivity contribution >= 4 is 22.8 Å². The Bertz CT molecular complexity index is 788. The molecule has 0 aliphatic carbocycles. The number of carbonyl (C=O) groups excluding carboxylic acids is 2. The van der Waals surface area contributed by atoms with Crippen molar-refractivity contribution in [2.75, 3.05) is 13.1 Å². The Balaban J connectivity index is 1.88. The first-order valence-electron chi connectivity index (χ1n) is 7.79. The summed E-state index contributed by atoms with van der Waals surface area (Å²) >= 11 is 0. The molecule has 1 fully saturated rings. The van der Waals surface area contributed by atoms with E-state index in [0.717, 1.165) is 29.7 Å². The highest BCUT2D eigenvalue weighted by atomic mass is 16.2. The Morgan fingerprint density at radius 2 is 1.87 bits per heavy atom. The molecule has 120 valence electrons. The number of benzene rings is 1. The molecule has 6 nitrogen and oxygen atoms in total. The van der Waals surface area contributed by atoms with E-state index >= 15 is 0 Å². The molecule has 1 aliphatic heterocycles. The van der Waals surface area contributed by atoms with E-state index in [4.69, 9.17) is 5.73 Å². The van der Waals surface area contributed by atoms with E-state index in [9.17, 15) is 9.59 Å². The lowest BCUT2D eigenvalue weighted by atomic mass is 9.97. The molecule has 0 unspecified atom stereocenters. The third-order valence-electron chi connectivity index (χ3n) is 4.43. The normalized spacial score (nSPS) is 18.2. The van der Waals surface area contributed by atoms with Crippen molar-refractivity contribution < 1.29 is 9.59 Å². The zero-order valence-corrected chi connectivity index (χ0v) is 13.4. The predicted molar refractivity (Wildman–Crippen MR) is 86.8 cm³/mol. The van der Waals surface area contributed by atoms with E-state index < -0.39 is 0 Å². The van der Waals surface area contributed by atoms with Gasteiger partial charge in [0.1, 0.15) is 0 Å². The van der Waals surface area contributed by atoms with Crippen molar-refractivity contribution in [3.63, 3.8) is 0 Å². The first kappa shape index (κ1) is 15.4. The fourth-order valence-corrected chi connectivity index (χ4v) is 2.94. The lowest BCUT2D eigenvalue weighted by molar-refractivity contribution is -0.123. The molecule has 0 radical (unpaired) electrons. The van der Waals surface area contributed by atoms with Gasteiger partial charge < -0.3 is 10.6 Å². The largest absolute Gasteiger partial charge is 0.369 e. The topological polar surface area (TPSA) is 89.2 Å². The SMILES string of the molecule is Cc1nc2ccc(C(=O)N3CCC[C@H](C(N)=O)C3)cc2nc1C. The van der Waals surface area contributed by atoms with Crippen molar-refractivity contribution in [1.29, 1.82) is 0 Å². The first-order valence-corrected chi connectivity index (χ1v) is 7.79. The van der Waals surface area contributed by atoms with Gasteiger partial charge in [0.2, 0.25) is 5.91 Å². The van der Waals surface area contributed by atoms with Crippen molar-refractivity contribution in [2.24, 2.45) is 11.7 Å².